The first-order valence-corrected chi connectivity index (χ1v) is 6.15. The molecule has 0 aliphatic heterocycles. The van der Waals surface area contributed by atoms with E-state index in [9.17, 15) is 0 Å². The van der Waals surface area contributed by atoms with E-state index >= 15 is 0 Å². The Kier molecular flexibility index (Phi) is 6.07. The van der Waals surface area contributed by atoms with Crippen molar-refractivity contribution in [2.45, 2.75) is 32.7 Å². The molecule has 0 radical (unpaired) electrons. The Bertz CT molecular complexity index is 279. The second-order valence-corrected chi connectivity index (χ2v) is 4.40. The summed E-state index contributed by atoms with van der Waals surface area (Å²) in [5, 5.41) is 4.83. The summed E-state index contributed by atoms with van der Waals surface area (Å²) in [5.74, 6) is 0. The standard InChI is InChI=1S/C12H17Cl2N/c1-2-3-4-8-15-9-10-11(13)6-5-7-12(10)14/h5-7,15H,2-4,8-9H2,1H3. The summed E-state index contributed by atoms with van der Waals surface area (Å²) in [4.78, 5) is 0. The van der Waals surface area contributed by atoms with Gasteiger partial charge in [-0.25, -0.2) is 0 Å². The Labute approximate surface area is 102 Å². The number of unbranched alkanes of at least 4 members (excludes halogenated alkanes) is 2. The molecule has 1 aromatic carbocycles. The van der Waals surface area contributed by atoms with Crippen LogP contribution < -0.4 is 5.32 Å². The van der Waals surface area contributed by atoms with Crippen LogP contribution in [0.4, 0.5) is 0 Å². The minimum Gasteiger partial charge on any atom is -0.313 e. The van der Waals surface area contributed by atoms with Crippen molar-refractivity contribution in [3.05, 3.63) is 33.8 Å². The molecule has 1 N–H and O–H groups in total. The van der Waals surface area contributed by atoms with Crippen LogP contribution in [0.5, 0.6) is 0 Å². The second-order valence-electron chi connectivity index (χ2n) is 3.58. The predicted molar refractivity (Wildman–Crippen MR) is 67.7 cm³/mol. The summed E-state index contributed by atoms with van der Waals surface area (Å²) in [7, 11) is 0. The molecule has 0 heterocycles. The molecule has 1 rings (SSSR count). The van der Waals surface area contributed by atoms with Gasteiger partial charge in [0, 0.05) is 22.2 Å². The maximum absolute atomic E-state index is 6.05. The third-order valence-electron chi connectivity index (χ3n) is 2.32. The molecule has 0 saturated heterocycles. The summed E-state index contributed by atoms with van der Waals surface area (Å²) in [6, 6.07) is 5.61. The summed E-state index contributed by atoms with van der Waals surface area (Å²) in [5.41, 5.74) is 0.998. The van der Waals surface area contributed by atoms with E-state index in [1.165, 1.54) is 19.3 Å². The Balaban J connectivity index is 2.37. The Hall–Kier alpha value is -0.240. The average molecular weight is 246 g/mol. The molecule has 1 aromatic rings. The highest BCUT2D eigenvalue weighted by atomic mass is 35.5. The predicted octanol–water partition coefficient (Wildman–Crippen LogP) is 4.27. The number of hydrogen-bond acceptors (Lipinski definition) is 1. The molecular formula is C12H17Cl2N. The number of nitrogens with one attached hydrogen (secondary N) is 1. The zero-order valence-corrected chi connectivity index (χ0v) is 10.5. The summed E-state index contributed by atoms with van der Waals surface area (Å²) < 4.78 is 0. The van der Waals surface area contributed by atoms with Crippen molar-refractivity contribution in [3.63, 3.8) is 0 Å². The van der Waals surface area contributed by atoms with E-state index in [2.05, 4.69) is 12.2 Å². The normalized spacial score (nSPS) is 10.6. The molecule has 0 aliphatic rings. The van der Waals surface area contributed by atoms with Crippen LogP contribution in [0.25, 0.3) is 0 Å². The number of hydrogen-bond donors (Lipinski definition) is 1. The zero-order valence-electron chi connectivity index (χ0n) is 9.02. The molecule has 0 aliphatic carbocycles. The molecule has 0 spiro atoms. The molecule has 0 unspecified atom stereocenters. The highest BCUT2D eigenvalue weighted by Gasteiger charge is 2.03. The minimum absolute atomic E-state index is 0.741. The van der Waals surface area contributed by atoms with Crippen molar-refractivity contribution in [3.8, 4) is 0 Å². The van der Waals surface area contributed by atoms with Crippen LogP contribution in [-0.4, -0.2) is 6.54 Å². The van der Waals surface area contributed by atoms with Gasteiger partial charge in [0.25, 0.3) is 0 Å². The van der Waals surface area contributed by atoms with Crippen LogP contribution in [-0.2, 0) is 6.54 Å². The van der Waals surface area contributed by atoms with Gasteiger partial charge >= 0.3 is 0 Å². The molecule has 0 aromatic heterocycles. The highest BCUT2D eigenvalue weighted by Crippen LogP contribution is 2.23. The fourth-order valence-electron chi connectivity index (χ4n) is 1.41. The van der Waals surface area contributed by atoms with E-state index in [1.807, 2.05) is 18.2 Å². The molecule has 0 atom stereocenters. The molecule has 84 valence electrons. The van der Waals surface area contributed by atoms with Gasteiger partial charge in [-0.2, -0.15) is 0 Å². The quantitative estimate of drug-likeness (QED) is 0.739. The third-order valence-corrected chi connectivity index (χ3v) is 3.03. The van der Waals surface area contributed by atoms with E-state index in [1.54, 1.807) is 0 Å². The van der Waals surface area contributed by atoms with Crippen LogP contribution >= 0.6 is 23.2 Å². The molecule has 0 amide bonds. The summed E-state index contributed by atoms with van der Waals surface area (Å²) >= 11 is 12.1. The van der Waals surface area contributed by atoms with Crippen molar-refractivity contribution >= 4 is 23.2 Å². The van der Waals surface area contributed by atoms with Gasteiger partial charge in [0.15, 0.2) is 0 Å². The molecule has 15 heavy (non-hydrogen) atoms. The lowest BCUT2D eigenvalue weighted by molar-refractivity contribution is 0.617. The van der Waals surface area contributed by atoms with Gasteiger partial charge in [-0.3, -0.25) is 0 Å². The van der Waals surface area contributed by atoms with E-state index in [4.69, 9.17) is 23.2 Å². The molecule has 3 heteroatoms. The van der Waals surface area contributed by atoms with Crippen molar-refractivity contribution in [2.24, 2.45) is 0 Å². The third kappa shape index (κ3) is 4.42. The lowest BCUT2D eigenvalue weighted by Crippen LogP contribution is -2.15. The van der Waals surface area contributed by atoms with Crippen LogP contribution in [0.3, 0.4) is 0 Å². The minimum atomic E-state index is 0.741. The van der Waals surface area contributed by atoms with Crippen LogP contribution in [0.1, 0.15) is 31.7 Å². The first kappa shape index (κ1) is 12.8. The van der Waals surface area contributed by atoms with E-state index in [-0.39, 0.29) is 0 Å². The molecule has 0 bridgehead atoms. The summed E-state index contributed by atoms with van der Waals surface area (Å²) in [6.07, 6.45) is 3.72. The monoisotopic (exact) mass is 245 g/mol. The van der Waals surface area contributed by atoms with Gasteiger partial charge in [-0.1, -0.05) is 49.0 Å². The van der Waals surface area contributed by atoms with Gasteiger partial charge in [-0.05, 0) is 25.1 Å². The van der Waals surface area contributed by atoms with Gasteiger partial charge in [-0.15, -0.1) is 0 Å². The van der Waals surface area contributed by atoms with Gasteiger partial charge in [0.2, 0.25) is 0 Å². The number of benzene rings is 1. The first-order chi connectivity index (χ1) is 7.25. The lowest BCUT2D eigenvalue weighted by atomic mass is 10.2. The highest BCUT2D eigenvalue weighted by molar-refractivity contribution is 6.35. The van der Waals surface area contributed by atoms with Crippen LogP contribution in [0.15, 0.2) is 18.2 Å². The lowest BCUT2D eigenvalue weighted by Gasteiger charge is -2.08. The molecule has 1 nitrogen and oxygen atoms in total. The summed E-state index contributed by atoms with van der Waals surface area (Å²) in [6.45, 7) is 3.97. The fourth-order valence-corrected chi connectivity index (χ4v) is 1.95. The SMILES string of the molecule is CCCCCNCc1c(Cl)cccc1Cl. The van der Waals surface area contributed by atoms with Gasteiger partial charge < -0.3 is 5.32 Å². The molecular weight excluding hydrogens is 229 g/mol. The number of halogens is 2. The maximum Gasteiger partial charge on any atom is 0.0465 e. The van der Waals surface area contributed by atoms with Crippen molar-refractivity contribution in [1.82, 2.24) is 5.32 Å². The number of rotatable bonds is 6. The second kappa shape index (κ2) is 7.10. The van der Waals surface area contributed by atoms with Gasteiger partial charge in [0.1, 0.15) is 0 Å². The van der Waals surface area contributed by atoms with Crippen molar-refractivity contribution in [1.29, 1.82) is 0 Å². The average Bonchev–Trinajstić information content (AvgIpc) is 2.21. The topological polar surface area (TPSA) is 12.0 Å². The Morgan fingerprint density at radius 1 is 1.13 bits per heavy atom. The van der Waals surface area contributed by atoms with Crippen molar-refractivity contribution in [2.75, 3.05) is 6.54 Å². The van der Waals surface area contributed by atoms with Crippen molar-refractivity contribution < 1.29 is 0 Å². The van der Waals surface area contributed by atoms with E-state index < -0.39 is 0 Å². The van der Waals surface area contributed by atoms with Gasteiger partial charge in [0.05, 0.1) is 0 Å². The van der Waals surface area contributed by atoms with E-state index in [0.29, 0.717) is 0 Å². The molecule has 0 saturated carbocycles. The van der Waals surface area contributed by atoms with Crippen LogP contribution in [0, 0.1) is 0 Å². The molecule has 0 fully saturated rings. The maximum atomic E-state index is 6.05. The fraction of sp³-hybridized carbons (Fsp3) is 0.500. The first-order valence-electron chi connectivity index (χ1n) is 5.39. The smallest absolute Gasteiger partial charge is 0.0465 e. The Morgan fingerprint density at radius 3 is 2.40 bits per heavy atom. The largest absolute Gasteiger partial charge is 0.313 e. The Morgan fingerprint density at radius 2 is 1.80 bits per heavy atom. The van der Waals surface area contributed by atoms with Crippen LogP contribution in [0.2, 0.25) is 10.0 Å². The van der Waals surface area contributed by atoms with E-state index in [0.717, 1.165) is 28.7 Å². The zero-order chi connectivity index (χ0) is 11.1.